The molecule has 92 valence electrons. The highest BCUT2D eigenvalue weighted by Crippen LogP contribution is 2.38. The van der Waals surface area contributed by atoms with E-state index in [9.17, 15) is 4.79 Å². The van der Waals surface area contributed by atoms with Gasteiger partial charge in [-0.25, -0.2) is 4.79 Å². The first-order valence-electron chi connectivity index (χ1n) is 5.52. The van der Waals surface area contributed by atoms with Crippen LogP contribution in [-0.2, 0) is 19.0 Å². The van der Waals surface area contributed by atoms with E-state index < -0.39 is 24.0 Å². The van der Waals surface area contributed by atoms with E-state index in [-0.39, 0.29) is 0 Å². The number of carbonyl (C=O) groups excluding carboxylic acids is 1. The molecule has 0 spiro atoms. The lowest BCUT2D eigenvalue weighted by molar-refractivity contribution is -0.168. The van der Waals surface area contributed by atoms with Crippen molar-refractivity contribution in [2.45, 2.75) is 31.8 Å². The summed E-state index contributed by atoms with van der Waals surface area (Å²) in [6, 6.07) is 9.53. The number of methoxy groups -OCH3 is 1. The highest BCUT2D eigenvalue weighted by molar-refractivity contribution is 5.76. The second-order valence-electron chi connectivity index (χ2n) is 4.41. The zero-order valence-electron chi connectivity index (χ0n) is 10.2. The number of rotatable bonds is 2. The number of hydrogen-bond donors (Lipinski definition) is 0. The first-order chi connectivity index (χ1) is 8.03. The molecule has 1 aliphatic rings. The molecule has 1 aliphatic heterocycles. The fourth-order valence-electron chi connectivity index (χ4n) is 1.94. The number of esters is 1. The van der Waals surface area contributed by atoms with Crippen LogP contribution in [0.2, 0.25) is 0 Å². The SMILES string of the molecule is COC(=O)C1OC(C)(C)OC1c1ccccc1. The molecule has 1 fully saturated rings. The molecule has 1 aromatic carbocycles. The van der Waals surface area contributed by atoms with Crippen molar-refractivity contribution in [1.82, 2.24) is 0 Å². The van der Waals surface area contributed by atoms with Gasteiger partial charge < -0.3 is 14.2 Å². The highest BCUT2D eigenvalue weighted by atomic mass is 16.8. The highest BCUT2D eigenvalue weighted by Gasteiger charge is 2.46. The molecular weight excluding hydrogens is 220 g/mol. The summed E-state index contributed by atoms with van der Waals surface area (Å²) in [5, 5.41) is 0. The summed E-state index contributed by atoms with van der Waals surface area (Å²) in [4.78, 5) is 11.7. The van der Waals surface area contributed by atoms with Crippen molar-refractivity contribution in [2.24, 2.45) is 0 Å². The molecular formula is C13H16O4. The number of hydrogen-bond acceptors (Lipinski definition) is 4. The zero-order valence-corrected chi connectivity index (χ0v) is 10.2. The summed E-state index contributed by atoms with van der Waals surface area (Å²) in [6.07, 6.45) is -1.13. The van der Waals surface area contributed by atoms with E-state index in [1.54, 1.807) is 13.8 Å². The molecule has 0 aromatic heterocycles. The lowest BCUT2D eigenvalue weighted by atomic mass is 10.0. The van der Waals surface area contributed by atoms with Crippen molar-refractivity contribution >= 4 is 5.97 Å². The minimum absolute atomic E-state index is 0.413. The Labute approximate surface area is 100 Å². The molecule has 0 N–H and O–H groups in total. The van der Waals surface area contributed by atoms with Crippen molar-refractivity contribution in [3.05, 3.63) is 35.9 Å². The number of benzene rings is 1. The van der Waals surface area contributed by atoms with Gasteiger partial charge in [-0.1, -0.05) is 30.3 Å². The summed E-state index contributed by atoms with van der Waals surface area (Å²) >= 11 is 0. The van der Waals surface area contributed by atoms with E-state index in [2.05, 4.69) is 0 Å². The van der Waals surface area contributed by atoms with Crippen LogP contribution in [0.5, 0.6) is 0 Å². The first kappa shape index (κ1) is 12.1. The zero-order chi connectivity index (χ0) is 12.5. The maximum Gasteiger partial charge on any atom is 0.338 e. The van der Waals surface area contributed by atoms with Gasteiger partial charge in [-0.15, -0.1) is 0 Å². The quantitative estimate of drug-likeness (QED) is 0.737. The van der Waals surface area contributed by atoms with Gasteiger partial charge in [-0.2, -0.15) is 0 Å². The Morgan fingerprint density at radius 3 is 2.47 bits per heavy atom. The van der Waals surface area contributed by atoms with Crippen LogP contribution in [0.3, 0.4) is 0 Å². The molecule has 4 nitrogen and oxygen atoms in total. The number of carbonyl (C=O) groups is 1. The van der Waals surface area contributed by atoms with Crippen molar-refractivity contribution < 1.29 is 19.0 Å². The first-order valence-corrected chi connectivity index (χ1v) is 5.52. The largest absolute Gasteiger partial charge is 0.467 e. The summed E-state index contributed by atoms with van der Waals surface area (Å²) in [5.74, 6) is -1.19. The molecule has 4 heteroatoms. The molecule has 1 aromatic rings. The Balaban J connectivity index is 2.28. The molecule has 1 saturated heterocycles. The Morgan fingerprint density at radius 2 is 1.88 bits per heavy atom. The van der Waals surface area contributed by atoms with E-state index in [0.717, 1.165) is 5.56 Å². The second-order valence-corrected chi connectivity index (χ2v) is 4.41. The van der Waals surface area contributed by atoms with Crippen LogP contribution in [0.4, 0.5) is 0 Å². The maximum atomic E-state index is 11.7. The molecule has 1 heterocycles. The van der Waals surface area contributed by atoms with Crippen molar-refractivity contribution in [1.29, 1.82) is 0 Å². The van der Waals surface area contributed by atoms with Gasteiger partial charge in [-0.3, -0.25) is 0 Å². The predicted molar refractivity (Wildman–Crippen MR) is 61.2 cm³/mol. The topological polar surface area (TPSA) is 44.8 Å². The maximum absolute atomic E-state index is 11.7. The Bertz CT molecular complexity index is 399. The summed E-state index contributed by atoms with van der Waals surface area (Å²) < 4.78 is 16.1. The lowest BCUT2D eigenvalue weighted by Crippen LogP contribution is -2.28. The van der Waals surface area contributed by atoms with E-state index in [1.807, 2.05) is 30.3 Å². The third-order valence-electron chi connectivity index (χ3n) is 2.66. The van der Waals surface area contributed by atoms with Gasteiger partial charge >= 0.3 is 5.97 Å². The molecule has 2 atom stereocenters. The molecule has 0 radical (unpaired) electrons. The van der Waals surface area contributed by atoms with Gasteiger partial charge in [0.05, 0.1) is 7.11 Å². The van der Waals surface area contributed by atoms with Gasteiger partial charge in [0.25, 0.3) is 0 Å². The van der Waals surface area contributed by atoms with E-state index in [0.29, 0.717) is 0 Å². The van der Waals surface area contributed by atoms with Gasteiger partial charge in [0.2, 0.25) is 0 Å². The predicted octanol–water partition coefficient (Wildman–Crippen LogP) is 2.05. The van der Waals surface area contributed by atoms with Gasteiger partial charge in [-0.05, 0) is 19.4 Å². The van der Waals surface area contributed by atoms with Crippen molar-refractivity contribution in [3.63, 3.8) is 0 Å². The van der Waals surface area contributed by atoms with Crippen molar-refractivity contribution in [3.8, 4) is 0 Å². The Kier molecular flexibility index (Phi) is 3.17. The second kappa shape index (κ2) is 4.47. The molecule has 0 aliphatic carbocycles. The fraction of sp³-hybridized carbons (Fsp3) is 0.462. The lowest BCUT2D eigenvalue weighted by Gasteiger charge is -2.16. The average molecular weight is 236 g/mol. The van der Waals surface area contributed by atoms with E-state index in [4.69, 9.17) is 14.2 Å². The molecule has 17 heavy (non-hydrogen) atoms. The Hall–Kier alpha value is -1.39. The molecule has 0 bridgehead atoms. The van der Waals surface area contributed by atoms with Gasteiger partial charge in [0.1, 0.15) is 6.10 Å². The number of ether oxygens (including phenoxy) is 3. The summed E-state index contributed by atoms with van der Waals surface area (Å²) in [7, 11) is 1.35. The molecule has 2 unspecified atom stereocenters. The third-order valence-corrected chi connectivity index (χ3v) is 2.66. The van der Waals surface area contributed by atoms with Crippen LogP contribution in [0, 0.1) is 0 Å². The van der Waals surface area contributed by atoms with Gasteiger partial charge in [0.15, 0.2) is 11.9 Å². The van der Waals surface area contributed by atoms with Crippen LogP contribution in [0.1, 0.15) is 25.5 Å². The smallest absolute Gasteiger partial charge is 0.338 e. The Morgan fingerprint density at radius 1 is 1.24 bits per heavy atom. The fourth-order valence-corrected chi connectivity index (χ4v) is 1.94. The van der Waals surface area contributed by atoms with E-state index >= 15 is 0 Å². The normalized spacial score (nSPS) is 26.8. The third kappa shape index (κ3) is 2.48. The minimum atomic E-state index is -0.778. The molecule has 0 amide bonds. The van der Waals surface area contributed by atoms with Crippen LogP contribution in [0.25, 0.3) is 0 Å². The standard InChI is InChI=1S/C13H16O4/c1-13(2)16-10(9-7-5-4-6-8-9)11(17-13)12(14)15-3/h4-8,10-11H,1-3H3. The molecule has 0 saturated carbocycles. The van der Waals surface area contributed by atoms with Crippen molar-refractivity contribution in [2.75, 3.05) is 7.11 Å². The van der Waals surface area contributed by atoms with Crippen LogP contribution >= 0.6 is 0 Å². The van der Waals surface area contributed by atoms with E-state index in [1.165, 1.54) is 7.11 Å². The minimum Gasteiger partial charge on any atom is -0.467 e. The van der Waals surface area contributed by atoms with Crippen LogP contribution in [-0.4, -0.2) is 25.0 Å². The molecule has 2 rings (SSSR count). The monoisotopic (exact) mass is 236 g/mol. The van der Waals surface area contributed by atoms with Crippen LogP contribution in [0.15, 0.2) is 30.3 Å². The summed E-state index contributed by atoms with van der Waals surface area (Å²) in [6.45, 7) is 3.57. The van der Waals surface area contributed by atoms with Crippen LogP contribution < -0.4 is 0 Å². The van der Waals surface area contributed by atoms with Gasteiger partial charge in [0, 0.05) is 0 Å². The average Bonchev–Trinajstić information content (AvgIpc) is 2.65. The summed E-state index contributed by atoms with van der Waals surface area (Å²) in [5.41, 5.74) is 0.911.